The molecule has 4 heteroatoms. The van der Waals surface area contributed by atoms with Crippen molar-refractivity contribution in [1.29, 1.82) is 0 Å². The Morgan fingerprint density at radius 1 is 1.31 bits per heavy atom. The lowest BCUT2D eigenvalue weighted by molar-refractivity contribution is 0.764. The van der Waals surface area contributed by atoms with Crippen LogP contribution in [0.1, 0.15) is 5.56 Å². The minimum absolute atomic E-state index is 0.814. The van der Waals surface area contributed by atoms with Crippen molar-refractivity contribution in [3.63, 3.8) is 0 Å². The number of hydrogen-bond acceptors (Lipinski definition) is 2. The third kappa shape index (κ3) is 1.48. The van der Waals surface area contributed by atoms with Gasteiger partial charge in [0.1, 0.15) is 5.65 Å². The van der Waals surface area contributed by atoms with Crippen molar-refractivity contribution in [2.45, 2.75) is 6.54 Å². The van der Waals surface area contributed by atoms with Gasteiger partial charge in [-0.25, -0.2) is 4.98 Å². The van der Waals surface area contributed by atoms with Gasteiger partial charge >= 0.3 is 0 Å². The van der Waals surface area contributed by atoms with Crippen molar-refractivity contribution in [3.05, 3.63) is 48.5 Å². The SMILES string of the molecule is Cn1cc(Cn2ccc3cccnc32)cn1. The van der Waals surface area contributed by atoms with Crippen LogP contribution in [0, 0.1) is 0 Å². The Kier molecular flexibility index (Phi) is 1.99. The van der Waals surface area contributed by atoms with Crippen molar-refractivity contribution < 1.29 is 0 Å². The maximum atomic E-state index is 4.38. The minimum atomic E-state index is 0.814. The zero-order valence-electron chi connectivity index (χ0n) is 9.04. The molecule has 0 atom stereocenters. The molecule has 0 aromatic carbocycles. The average molecular weight is 212 g/mol. The molecule has 0 aliphatic heterocycles. The van der Waals surface area contributed by atoms with E-state index in [0.29, 0.717) is 0 Å². The minimum Gasteiger partial charge on any atom is -0.328 e. The summed E-state index contributed by atoms with van der Waals surface area (Å²) < 4.78 is 3.95. The third-order valence-electron chi connectivity index (χ3n) is 2.63. The molecule has 0 N–H and O–H groups in total. The fourth-order valence-corrected chi connectivity index (χ4v) is 1.90. The molecule has 0 radical (unpaired) electrons. The van der Waals surface area contributed by atoms with Crippen molar-refractivity contribution in [1.82, 2.24) is 19.3 Å². The second-order valence-corrected chi connectivity index (χ2v) is 3.88. The molecule has 3 rings (SSSR count). The number of hydrogen-bond donors (Lipinski definition) is 0. The van der Waals surface area contributed by atoms with Gasteiger partial charge in [0, 0.05) is 36.6 Å². The summed E-state index contributed by atoms with van der Waals surface area (Å²) in [6.07, 6.45) is 7.79. The lowest BCUT2D eigenvalue weighted by atomic mass is 10.3. The summed E-state index contributed by atoms with van der Waals surface area (Å²) in [5.74, 6) is 0. The van der Waals surface area contributed by atoms with Crippen LogP contribution in [0.5, 0.6) is 0 Å². The van der Waals surface area contributed by atoms with Crippen molar-refractivity contribution in [3.8, 4) is 0 Å². The summed E-state index contributed by atoms with van der Waals surface area (Å²) in [6, 6.07) is 6.11. The van der Waals surface area contributed by atoms with Gasteiger partial charge in [0.25, 0.3) is 0 Å². The largest absolute Gasteiger partial charge is 0.328 e. The van der Waals surface area contributed by atoms with E-state index in [1.165, 1.54) is 10.9 Å². The molecule has 16 heavy (non-hydrogen) atoms. The number of rotatable bonds is 2. The average Bonchev–Trinajstić information content (AvgIpc) is 2.87. The van der Waals surface area contributed by atoms with Crippen LogP contribution in [0.3, 0.4) is 0 Å². The molecule has 3 heterocycles. The summed E-state index contributed by atoms with van der Waals surface area (Å²) in [5.41, 5.74) is 2.21. The van der Waals surface area contributed by atoms with Crippen molar-refractivity contribution in [2.75, 3.05) is 0 Å². The molecule has 0 aliphatic rings. The Morgan fingerprint density at radius 3 is 3.06 bits per heavy atom. The summed E-state index contributed by atoms with van der Waals surface area (Å²) >= 11 is 0. The van der Waals surface area contributed by atoms with Gasteiger partial charge in [0.05, 0.1) is 12.7 Å². The van der Waals surface area contributed by atoms with Crippen LogP contribution in [0.2, 0.25) is 0 Å². The first-order chi connectivity index (χ1) is 7.83. The van der Waals surface area contributed by atoms with Crippen molar-refractivity contribution in [2.24, 2.45) is 7.05 Å². The fraction of sp³-hybridized carbons (Fsp3) is 0.167. The van der Waals surface area contributed by atoms with Crippen LogP contribution in [-0.2, 0) is 13.6 Å². The van der Waals surface area contributed by atoms with E-state index >= 15 is 0 Å². The maximum Gasteiger partial charge on any atom is 0.140 e. The molecule has 0 fully saturated rings. The van der Waals surface area contributed by atoms with E-state index in [2.05, 4.69) is 33.0 Å². The fourth-order valence-electron chi connectivity index (χ4n) is 1.90. The normalized spacial score (nSPS) is 11.1. The Labute approximate surface area is 93.1 Å². The first kappa shape index (κ1) is 9.15. The molecular weight excluding hydrogens is 200 g/mol. The molecule has 0 spiro atoms. The number of aryl methyl sites for hydroxylation is 1. The molecule has 0 aliphatic carbocycles. The van der Waals surface area contributed by atoms with E-state index in [1.807, 2.05) is 36.4 Å². The zero-order valence-corrected chi connectivity index (χ0v) is 9.04. The third-order valence-corrected chi connectivity index (χ3v) is 2.63. The Morgan fingerprint density at radius 2 is 2.25 bits per heavy atom. The summed E-state index contributed by atoms with van der Waals surface area (Å²) in [6.45, 7) is 0.814. The molecular formula is C12H12N4. The molecule has 0 amide bonds. The van der Waals surface area contributed by atoms with Gasteiger partial charge < -0.3 is 4.57 Å². The van der Waals surface area contributed by atoms with E-state index in [1.54, 1.807) is 0 Å². The van der Waals surface area contributed by atoms with Gasteiger partial charge in [-0.1, -0.05) is 0 Å². The van der Waals surface area contributed by atoms with E-state index < -0.39 is 0 Å². The van der Waals surface area contributed by atoms with E-state index in [9.17, 15) is 0 Å². The molecule has 80 valence electrons. The molecule has 3 aromatic heterocycles. The number of aromatic nitrogens is 4. The highest BCUT2D eigenvalue weighted by Gasteiger charge is 2.03. The second kappa shape index (κ2) is 3.48. The molecule has 0 bridgehead atoms. The van der Waals surface area contributed by atoms with Crippen LogP contribution in [0.25, 0.3) is 11.0 Å². The van der Waals surface area contributed by atoms with Crippen LogP contribution in [0.4, 0.5) is 0 Å². The zero-order chi connectivity index (χ0) is 11.0. The predicted molar refractivity (Wildman–Crippen MR) is 62.0 cm³/mol. The van der Waals surface area contributed by atoms with Crippen LogP contribution in [-0.4, -0.2) is 19.3 Å². The number of pyridine rings is 1. The number of fused-ring (bicyclic) bond motifs is 1. The van der Waals surface area contributed by atoms with Crippen LogP contribution in [0.15, 0.2) is 43.0 Å². The molecule has 0 saturated heterocycles. The molecule has 4 nitrogen and oxygen atoms in total. The van der Waals surface area contributed by atoms with E-state index in [-0.39, 0.29) is 0 Å². The summed E-state index contributed by atoms with van der Waals surface area (Å²) in [5, 5.41) is 5.33. The Hall–Kier alpha value is -2.10. The van der Waals surface area contributed by atoms with E-state index in [0.717, 1.165) is 12.2 Å². The Balaban J connectivity index is 2.00. The first-order valence-electron chi connectivity index (χ1n) is 5.20. The summed E-state index contributed by atoms with van der Waals surface area (Å²) in [7, 11) is 1.93. The van der Waals surface area contributed by atoms with Crippen LogP contribution < -0.4 is 0 Å². The lowest BCUT2D eigenvalue weighted by Crippen LogP contribution is -1.97. The van der Waals surface area contributed by atoms with Gasteiger partial charge in [-0.15, -0.1) is 0 Å². The monoisotopic (exact) mass is 212 g/mol. The maximum absolute atomic E-state index is 4.38. The van der Waals surface area contributed by atoms with Gasteiger partial charge in [-0.2, -0.15) is 5.10 Å². The highest BCUT2D eigenvalue weighted by atomic mass is 15.2. The number of nitrogens with zero attached hydrogens (tertiary/aromatic N) is 4. The standard InChI is InChI=1S/C12H12N4/c1-15-8-10(7-14-15)9-16-6-4-11-3-2-5-13-12(11)16/h2-8H,9H2,1H3. The van der Waals surface area contributed by atoms with Gasteiger partial charge in [0.2, 0.25) is 0 Å². The smallest absolute Gasteiger partial charge is 0.140 e. The topological polar surface area (TPSA) is 35.6 Å². The second-order valence-electron chi connectivity index (χ2n) is 3.88. The Bertz CT molecular complexity index is 621. The first-order valence-corrected chi connectivity index (χ1v) is 5.20. The molecule has 0 unspecified atom stereocenters. The molecule has 0 saturated carbocycles. The highest BCUT2D eigenvalue weighted by molar-refractivity contribution is 5.75. The van der Waals surface area contributed by atoms with Crippen molar-refractivity contribution >= 4 is 11.0 Å². The van der Waals surface area contributed by atoms with E-state index in [4.69, 9.17) is 0 Å². The molecule has 3 aromatic rings. The summed E-state index contributed by atoms with van der Waals surface area (Å²) in [4.78, 5) is 4.38. The quantitative estimate of drug-likeness (QED) is 0.649. The van der Waals surface area contributed by atoms with Gasteiger partial charge in [-0.3, -0.25) is 4.68 Å². The van der Waals surface area contributed by atoms with Gasteiger partial charge in [0.15, 0.2) is 0 Å². The lowest BCUT2D eigenvalue weighted by Gasteiger charge is -2.01. The van der Waals surface area contributed by atoms with Crippen LogP contribution >= 0.6 is 0 Å². The highest BCUT2D eigenvalue weighted by Crippen LogP contribution is 2.13. The van der Waals surface area contributed by atoms with Gasteiger partial charge in [-0.05, 0) is 18.2 Å². The predicted octanol–water partition coefficient (Wildman–Crippen LogP) is 1.82.